The quantitative estimate of drug-likeness (QED) is 0.347. The smallest absolute Gasteiger partial charge is 0.291 e. The van der Waals surface area contributed by atoms with Crippen molar-refractivity contribution in [2.75, 3.05) is 26.4 Å². The normalized spacial score (nSPS) is 19.0. The molecule has 0 saturated carbocycles. The molecule has 3 aromatic rings. The number of carbonyl (C=O) groups excluding carboxylic acids is 1. The second-order valence-electron chi connectivity index (χ2n) is 9.94. The van der Waals surface area contributed by atoms with Gasteiger partial charge in [0, 0.05) is 13.2 Å². The first kappa shape index (κ1) is 25.3. The largest absolute Gasteiger partial charge is 0.490 e. The van der Waals surface area contributed by atoms with Gasteiger partial charge in [-0.05, 0) is 81.0 Å². The molecule has 2 unspecified atom stereocenters. The van der Waals surface area contributed by atoms with E-state index < -0.39 is 6.04 Å². The predicted octanol–water partition coefficient (Wildman–Crippen LogP) is 5.71. The summed E-state index contributed by atoms with van der Waals surface area (Å²) in [6.07, 6.45) is 3.74. The molecular formula is C30H35NO6. The molecule has 1 fully saturated rings. The monoisotopic (exact) mass is 505 g/mol. The van der Waals surface area contributed by atoms with E-state index in [2.05, 4.69) is 6.92 Å². The van der Waals surface area contributed by atoms with Crippen molar-refractivity contribution in [2.45, 2.75) is 65.5 Å². The maximum absolute atomic E-state index is 13.9. The van der Waals surface area contributed by atoms with Crippen LogP contribution in [-0.2, 0) is 4.74 Å². The molecule has 2 aromatic carbocycles. The van der Waals surface area contributed by atoms with Crippen molar-refractivity contribution in [3.05, 3.63) is 68.6 Å². The van der Waals surface area contributed by atoms with Crippen molar-refractivity contribution < 1.29 is 23.4 Å². The van der Waals surface area contributed by atoms with Gasteiger partial charge in [-0.3, -0.25) is 9.59 Å². The zero-order valence-electron chi connectivity index (χ0n) is 22.1. The first-order chi connectivity index (χ1) is 17.9. The lowest BCUT2D eigenvalue weighted by Crippen LogP contribution is -2.36. The minimum Gasteiger partial charge on any atom is -0.490 e. The lowest BCUT2D eigenvalue weighted by molar-refractivity contribution is 0.0486. The topological polar surface area (TPSA) is 78.2 Å². The molecule has 2 aliphatic heterocycles. The first-order valence-corrected chi connectivity index (χ1v) is 13.3. The van der Waals surface area contributed by atoms with Crippen LogP contribution < -0.4 is 14.9 Å². The van der Waals surface area contributed by atoms with Gasteiger partial charge in [0.2, 0.25) is 5.76 Å². The zero-order chi connectivity index (χ0) is 26.1. The molecule has 2 aliphatic rings. The third-order valence-corrected chi connectivity index (χ3v) is 7.35. The number of benzene rings is 2. The Kier molecular flexibility index (Phi) is 7.24. The van der Waals surface area contributed by atoms with Crippen molar-refractivity contribution in [2.24, 2.45) is 0 Å². The van der Waals surface area contributed by atoms with E-state index in [9.17, 15) is 9.59 Å². The Balaban J connectivity index is 1.65. The second-order valence-corrected chi connectivity index (χ2v) is 9.94. The number of aryl methyl sites for hydroxylation is 2. The maximum Gasteiger partial charge on any atom is 0.291 e. The summed E-state index contributed by atoms with van der Waals surface area (Å²) in [6, 6.07) is 8.79. The van der Waals surface area contributed by atoms with Crippen molar-refractivity contribution in [3.63, 3.8) is 0 Å². The molecule has 1 amide bonds. The number of fused-ring (bicyclic) bond motifs is 2. The average molecular weight is 506 g/mol. The van der Waals surface area contributed by atoms with Crippen LogP contribution in [-0.4, -0.2) is 43.3 Å². The van der Waals surface area contributed by atoms with Gasteiger partial charge in [-0.1, -0.05) is 19.4 Å². The molecule has 37 heavy (non-hydrogen) atoms. The molecule has 7 heteroatoms. The first-order valence-electron chi connectivity index (χ1n) is 13.3. The summed E-state index contributed by atoms with van der Waals surface area (Å²) < 4.78 is 23.9. The third-order valence-electron chi connectivity index (χ3n) is 7.35. The summed E-state index contributed by atoms with van der Waals surface area (Å²) in [7, 11) is 0. The van der Waals surface area contributed by atoms with Gasteiger partial charge in [0.05, 0.1) is 36.3 Å². The molecule has 1 aromatic heterocycles. The number of nitrogens with zero attached hydrogens (tertiary/aromatic N) is 1. The van der Waals surface area contributed by atoms with Crippen LogP contribution in [0.3, 0.4) is 0 Å². The van der Waals surface area contributed by atoms with Gasteiger partial charge in [0.1, 0.15) is 5.58 Å². The van der Waals surface area contributed by atoms with Crippen LogP contribution in [0, 0.1) is 13.8 Å². The van der Waals surface area contributed by atoms with Gasteiger partial charge in [-0.15, -0.1) is 0 Å². The van der Waals surface area contributed by atoms with E-state index in [-0.39, 0.29) is 23.2 Å². The molecule has 0 N–H and O–H groups in total. The lowest BCUT2D eigenvalue weighted by Gasteiger charge is -2.28. The Morgan fingerprint density at radius 2 is 1.84 bits per heavy atom. The van der Waals surface area contributed by atoms with E-state index in [0.29, 0.717) is 54.4 Å². The molecule has 2 atom stereocenters. The molecular weight excluding hydrogens is 470 g/mol. The van der Waals surface area contributed by atoms with Crippen molar-refractivity contribution in [1.82, 2.24) is 4.90 Å². The molecule has 0 bridgehead atoms. The molecule has 3 heterocycles. The summed E-state index contributed by atoms with van der Waals surface area (Å²) in [4.78, 5) is 29.4. The van der Waals surface area contributed by atoms with Crippen molar-refractivity contribution in [1.29, 1.82) is 0 Å². The number of ether oxygens (including phenoxy) is 3. The van der Waals surface area contributed by atoms with Gasteiger partial charge in [0.25, 0.3) is 5.91 Å². The van der Waals surface area contributed by atoms with E-state index >= 15 is 0 Å². The van der Waals surface area contributed by atoms with Gasteiger partial charge in [0.15, 0.2) is 16.9 Å². The average Bonchev–Trinajstić information content (AvgIpc) is 3.49. The highest BCUT2D eigenvalue weighted by Gasteiger charge is 2.44. The number of amides is 1. The lowest BCUT2D eigenvalue weighted by atomic mass is 9.97. The van der Waals surface area contributed by atoms with Gasteiger partial charge in [-0.2, -0.15) is 0 Å². The molecule has 196 valence electrons. The third kappa shape index (κ3) is 4.73. The fraction of sp³-hybridized carbons (Fsp3) is 0.467. The van der Waals surface area contributed by atoms with Gasteiger partial charge < -0.3 is 23.5 Å². The molecule has 5 rings (SSSR count). The number of unbranched alkanes of at least 4 members (excludes halogenated alkanes) is 1. The number of carbonyl (C=O) groups is 1. The van der Waals surface area contributed by atoms with Crippen molar-refractivity contribution in [3.8, 4) is 11.5 Å². The van der Waals surface area contributed by atoms with Crippen LogP contribution in [0.2, 0.25) is 0 Å². The van der Waals surface area contributed by atoms with Crippen LogP contribution in [0.25, 0.3) is 11.0 Å². The predicted molar refractivity (Wildman–Crippen MR) is 142 cm³/mol. The standard InChI is InChI=1S/C30H35NO6/c1-5-7-12-36-23-11-10-20(16-25(23)34-6-2)27-26-28(32)22-14-18(3)19(4)15-24(22)37-29(26)30(33)31(27)17-21-9-8-13-35-21/h10-11,14-16,21,27H,5-9,12-13,17H2,1-4H3. The Morgan fingerprint density at radius 3 is 2.57 bits per heavy atom. The zero-order valence-corrected chi connectivity index (χ0v) is 22.1. The summed E-state index contributed by atoms with van der Waals surface area (Å²) in [5, 5.41) is 0.489. The van der Waals surface area contributed by atoms with E-state index in [1.165, 1.54) is 0 Å². The maximum atomic E-state index is 13.9. The second kappa shape index (κ2) is 10.6. The summed E-state index contributed by atoms with van der Waals surface area (Å²) >= 11 is 0. The highest BCUT2D eigenvalue weighted by molar-refractivity contribution is 5.99. The molecule has 7 nitrogen and oxygen atoms in total. The highest BCUT2D eigenvalue weighted by atomic mass is 16.5. The number of hydrogen-bond donors (Lipinski definition) is 0. The molecule has 0 aliphatic carbocycles. The van der Waals surface area contributed by atoms with Crippen LogP contribution in [0.15, 0.2) is 39.5 Å². The molecule has 0 spiro atoms. The SMILES string of the molecule is CCCCOc1ccc(C2c3c(oc4cc(C)c(C)cc4c3=O)C(=O)N2CC2CCCO2)cc1OCC. The Hall–Kier alpha value is -3.32. The molecule has 0 radical (unpaired) electrons. The summed E-state index contributed by atoms with van der Waals surface area (Å²) in [6.45, 7) is 10.1. The van der Waals surface area contributed by atoms with E-state index in [1.54, 1.807) is 4.90 Å². The molecule has 1 saturated heterocycles. The van der Waals surface area contributed by atoms with Gasteiger partial charge >= 0.3 is 0 Å². The van der Waals surface area contributed by atoms with Gasteiger partial charge in [-0.25, -0.2) is 0 Å². The van der Waals surface area contributed by atoms with Crippen LogP contribution in [0.5, 0.6) is 11.5 Å². The Labute approximate surface area is 217 Å². The fourth-order valence-electron chi connectivity index (χ4n) is 5.23. The minimum atomic E-state index is -0.599. The fourth-order valence-corrected chi connectivity index (χ4v) is 5.23. The Morgan fingerprint density at radius 1 is 1.03 bits per heavy atom. The van der Waals surface area contributed by atoms with E-state index in [4.69, 9.17) is 18.6 Å². The van der Waals surface area contributed by atoms with Crippen LogP contribution >= 0.6 is 0 Å². The minimum absolute atomic E-state index is 0.0715. The Bertz CT molecular complexity index is 1370. The number of hydrogen-bond acceptors (Lipinski definition) is 6. The van der Waals surface area contributed by atoms with Crippen LogP contribution in [0.1, 0.15) is 78.4 Å². The number of rotatable bonds is 9. The summed E-state index contributed by atoms with van der Waals surface area (Å²) in [5.41, 5.74) is 3.44. The van der Waals surface area contributed by atoms with Crippen molar-refractivity contribution >= 4 is 16.9 Å². The summed E-state index contributed by atoms with van der Waals surface area (Å²) in [5.74, 6) is 1.09. The van der Waals surface area contributed by atoms with E-state index in [1.807, 2.05) is 51.1 Å². The van der Waals surface area contributed by atoms with Crippen LogP contribution in [0.4, 0.5) is 0 Å². The van der Waals surface area contributed by atoms with E-state index in [0.717, 1.165) is 42.4 Å². The highest BCUT2D eigenvalue weighted by Crippen LogP contribution is 2.42.